The smallest absolute Gasteiger partial charge is 0.335 e. The Morgan fingerprint density at radius 3 is 2.89 bits per heavy atom. The zero-order chi connectivity index (χ0) is 12.8. The first-order valence-corrected chi connectivity index (χ1v) is 6.29. The van der Waals surface area contributed by atoms with Gasteiger partial charge in [0.05, 0.1) is 12.2 Å². The van der Waals surface area contributed by atoms with Gasteiger partial charge in [0.2, 0.25) is 0 Å². The van der Waals surface area contributed by atoms with E-state index in [1.165, 1.54) is 18.9 Å². The van der Waals surface area contributed by atoms with Crippen molar-refractivity contribution in [3.8, 4) is 5.75 Å². The minimum Gasteiger partial charge on any atom is -0.493 e. The zero-order valence-corrected chi connectivity index (χ0v) is 10.3. The third-order valence-electron chi connectivity index (χ3n) is 2.83. The van der Waals surface area contributed by atoms with Gasteiger partial charge < -0.3 is 14.6 Å². The molecule has 1 aliphatic carbocycles. The second-order valence-electron chi connectivity index (χ2n) is 4.55. The molecule has 1 aromatic rings. The van der Waals surface area contributed by atoms with Gasteiger partial charge >= 0.3 is 5.97 Å². The molecular weight excluding hydrogens is 232 g/mol. The lowest BCUT2D eigenvalue weighted by Crippen LogP contribution is -2.05. The maximum absolute atomic E-state index is 10.8. The van der Waals surface area contributed by atoms with Crippen LogP contribution in [0.5, 0.6) is 5.75 Å². The van der Waals surface area contributed by atoms with Crippen LogP contribution in [-0.4, -0.2) is 30.9 Å². The van der Waals surface area contributed by atoms with Crippen LogP contribution < -0.4 is 4.74 Å². The van der Waals surface area contributed by atoms with E-state index in [0.717, 1.165) is 18.9 Å². The molecule has 1 saturated carbocycles. The summed E-state index contributed by atoms with van der Waals surface area (Å²) in [6.45, 7) is 2.12. The van der Waals surface area contributed by atoms with Gasteiger partial charge in [0.15, 0.2) is 0 Å². The molecule has 1 N–H and O–H groups in total. The van der Waals surface area contributed by atoms with Gasteiger partial charge in [-0.15, -0.1) is 0 Å². The average molecular weight is 250 g/mol. The van der Waals surface area contributed by atoms with E-state index in [0.29, 0.717) is 19.0 Å². The highest BCUT2D eigenvalue weighted by atomic mass is 16.5. The Hall–Kier alpha value is -1.55. The second-order valence-corrected chi connectivity index (χ2v) is 4.55. The Morgan fingerprint density at radius 2 is 2.17 bits per heavy atom. The Kier molecular flexibility index (Phi) is 4.59. The molecule has 1 aliphatic rings. The maximum atomic E-state index is 10.8. The molecule has 2 rings (SSSR count). The SMILES string of the molecule is O=C(O)c1cccc(OCCCOCC2CC2)c1. The number of carboxylic acids is 1. The first-order valence-electron chi connectivity index (χ1n) is 6.29. The Morgan fingerprint density at radius 1 is 1.33 bits per heavy atom. The van der Waals surface area contributed by atoms with Crippen LogP contribution in [0.15, 0.2) is 24.3 Å². The van der Waals surface area contributed by atoms with Crippen LogP contribution in [0.25, 0.3) is 0 Å². The first kappa shape index (κ1) is 12.9. The molecule has 0 radical (unpaired) electrons. The second kappa shape index (κ2) is 6.40. The van der Waals surface area contributed by atoms with Gasteiger partial charge in [-0.05, 0) is 37.0 Å². The lowest BCUT2D eigenvalue weighted by atomic mass is 10.2. The monoisotopic (exact) mass is 250 g/mol. The van der Waals surface area contributed by atoms with Crippen molar-refractivity contribution in [2.24, 2.45) is 5.92 Å². The first-order chi connectivity index (χ1) is 8.75. The lowest BCUT2D eigenvalue weighted by molar-refractivity contribution is 0.0696. The van der Waals surface area contributed by atoms with E-state index < -0.39 is 5.97 Å². The van der Waals surface area contributed by atoms with Crippen LogP contribution in [0.4, 0.5) is 0 Å². The fourth-order valence-corrected chi connectivity index (χ4v) is 1.60. The molecule has 18 heavy (non-hydrogen) atoms. The fraction of sp³-hybridized carbons (Fsp3) is 0.500. The predicted octanol–water partition coefficient (Wildman–Crippen LogP) is 2.58. The van der Waals surface area contributed by atoms with Crippen molar-refractivity contribution >= 4 is 5.97 Å². The minimum atomic E-state index is -0.937. The maximum Gasteiger partial charge on any atom is 0.335 e. The molecular formula is C14H18O4. The summed E-state index contributed by atoms with van der Waals surface area (Å²) in [6, 6.07) is 6.53. The Balaban J connectivity index is 1.62. The number of carbonyl (C=O) groups is 1. The summed E-state index contributed by atoms with van der Waals surface area (Å²) in [6.07, 6.45) is 3.43. The summed E-state index contributed by atoms with van der Waals surface area (Å²) >= 11 is 0. The number of hydrogen-bond acceptors (Lipinski definition) is 3. The standard InChI is InChI=1S/C14H18O4/c15-14(16)12-3-1-4-13(9-12)18-8-2-7-17-10-11-5-6-11/h1,3-4,9,11H,2,5-8,10H2,(H,15,16). The topological polar surface area (TPSA) is 55.8 Å². The summed E-state index contributed by atoms with van der Waals surface area (Å²) in [5.41, 5.74) is 0.248. The minimum absolute atomic E-state index is 0.248. The van der Waals surface area contributed by atoms with Crippen LogP contribution in [0, 0.1) is 5.92 Å². The molecule has 4 nitrogen and oxygen atoms in total. The highest BCUT2D eigenvalue weighted by molar-refractivity contribution is 5.87. The third-order valence-corrected chi connectivity index (χ3v) is 2.83. The molecule has 0 saturated heterocycles. The van der Waals surface area contributed by atoms with Crippen LogP contribution in [0.3, 0.4) is 0 Å². The molecule has 0 amide bonds. The fourth-order valence-electron chi connectivity index (χ4n) is 1.60. The lowest BCUT2D eigenvalue weighted by Gasteiger charge is -2.07. The number of benzene rings is 1. The van der Waals surface area contributed by atoms with E-state index in [1.54, 1.807) is 18.2 Å². The van der Waals surface area contributed by atoms with E-state index >= 15 is 0 Å². The number of rotatable bonds is 8. The van der Waals surface area contributed by atoms with E-state index in [9.17, 15) is 4.79 Å². The summed E-state index contributed by atoms with van der Waals surface area (Å²) in [5, 5.41) is 8.83. The Labute approximate surface area is 107 Å². The summed E-state index contributed by atoms with van der Waals surface area (Å²) in [5.74, 6) is 0.448. The van der Waals surface area contributed by atoms with Crippen LogP contribution in [0.2, 0.25) is 0 Å². The molecule has 0 aliphatic heterocycles. The third kappa shape index (κ3) is 4.37. The van der Waals surface area contributed by atoms with Crippen molar-refractivity contribution in [3.05, 3.63) is 29.8 Å². The molecule has 0 atom stereocenters. The van der Waals surface area contributed by atoms with Crippen molar-refractivity contribution in [2.45, 2.75) is 19.3 Å². The van der Waals surface area contributed by atoms with Gasteiger partial charge in [-0.2, -0.15) is 0 Å². The highest BCUT2D eigenvalue weighted by Crippen LogP contribution is 2.28. The molecule has 1 fully saturated rings. The highest BCUT2D eigenvalue weighted by Gasteiger charge is 2.20. The van der Waals surface area contributed by atoms with Gasteiger partial charge in [0.1, 0.15) is 5.75 Å². The number of ether oxygens (including phenoxy) is 2. The molecule has 0 heterocycles. The molecule has 98 valence electrons. The van der Waals surface area contributed by atoms with Gasteiger partial charge in [0, 0.05) is 19.6 Å². The number of hydrogen-bond donors (Lipinski definition) is 1. The van der Waals surface area contributed by atoms with Crippen molar-refractivity contribution in [3.63, 3.8) is 0 Å². The largest absolute Gasteiger partial charge is 0.493 e. The van der Waals surface area contributed by atoms with Crippen LogP contribution >= 0.6 is 0 Å². The average Bonchev–Trinajstić information content (AvgIpc) is 3.18. The zero-order valence-electron chi connectivity index (χ0n) is 10.3. The van der Waals surface area contributed by atoms with Crippen molar-refractivity contribution in [1.82, 2.24) is 0 Å². The van der Waals surface area contributed by atoms with E-state index in [1.807, 2.05) is 0 Å². The molecule has 0 aromatic heterocycles. The summed E-state index contributed by atoms with van der Waals surface area (Å²) in [4.78, 5) is 10.8. The van der Waals surface area contributed by atoms with Crippen LogP contribution in [-0.2, 0) is 4.74 Å². The quantitative estimate of drug-likeness (QED) is 0.720. The van der Waals surface area contributed by atoms with Crippen molar-refractivity contribution < 1.29 is 19.4 Å². The molecule has 0 bridgehead atoms. The van der Waals surface area contributed by atoms with Gasteiger partial charge in [-0.3, -0.25) is 0 Å². The van der Waals surface area contributed by atoms with Gasteiger partial charge in [-0.25, -0.2) is 4.79 Å². The van der Waals surface area contributed by atoms with Gasteiger partial charge in [0.25, 0.3) is 0 Å². The van der Waals surface area contributed by atoms with E-state index in [4.69, 9.17) is 14.6 Å². The van der Waals surface area contributed by atoms with Crippen molar-refractivity contribution in [2.75, 3.05) is 19.8 Å². The van der Waals surface area contributed by atoms with E-state index in [2.05, 4.69) is 0 Å². The van der Waals surface area contributed by atoms with Crippen molar-refractivity contribution in [1.29, 1.82) is 0 Å². The molecule has 1 aromatic carbocycles. The molecule has 0 spiro atoms. The number of carboxylic acid groups (broad SMARTS) is 1. The Bertz CT molecular complexity index is 399. The normalized spacial score (nSPS) is 14.4. The van der Waals surface area contributed by atoms with Gasteiger partial charge in [-0.1, -0.05) is 6.07 Å². The number of aromatic carboxylic acids is 1. The molecule has 0 unspecified atom stereocenters. The van der Waals surface area contributed by atoms with E-state index in [-0.39, 0.29) is 5.56 Å². The summed E-state index contributed by atoms with van der Waals surface area (Å²) < 4.78 is 11.0. The predicted molar refractivity (Wildman–Crippen MR) is 67.1 cm³/mol. The van der Waals surface area contributed by atoms with Crippen LogP contribution in [0.1, 0.15) is 29.6 Å². The molecule has 4 heteroatoms. The summed E-state index contributed by atoms with van der Waals surface area (Å²) in [7, 11) is 0.